The number of para-hydroxylation sites is 1. The fourth-order valence-corrected chi connectivity index (χ4v) is 2.81. The number of hydrogen-bond donors (Lipinski definition) is 2. The number of nitrogens with zero attached hydrogens (tertiary/aromatic N) is 2. The fourth-order valence-electron chi connectivity index (χ4n) is 2.81. The number of nitro groups is 2. The average Bonchev–Trinajstić information content (AvgIpc) is 3.04. The van der Waals surface area contributed by atoms with Crippen LogP contribution in [-0.2, 0) is 11.2 Å². The number of carbonyl (C=O) groups excluding carboxylic acids is 1. The molecule has 10 nitrogen and oxygen atoms in total. The fraction of sp³-hybridized carbons (Fsp3) is 0.118. The molecule has 1 unspecified atom stereocenters. The molecule has 3 rings (SSSR count). The van der Waals surface area contributed by atoms with Crippen LogP contribution in [0.4, 0.5) is 17.1 Å². The van der Waals surface area contributed by atoms with Crippen molar-refractivity contribution in [1.82, 2.24) is 4.98 Å². The Labute approximate surface area is 151 Å². The summed E-state index contributed by atoms with van der Waals surface area (Å²) in [7, 11) is 0. The van der Waals surface area contributed by atoms with E-state index in [1.807, 2.05) is 24.3 Å². The lowest BCUT2D eigenvalue weighted by Gasteiger charge is -2.20. The van der Waals surface area contributed by atoms with Crippen LogP contribution in [0.15, 0.2) is 48.7 Å². The number of non-ortho nitro benzene ring substituents is 1. The number of aromatic amines is 1. The maximum absolute atomic E-state index is 11.6. The van der Waals surface area contributed by atoms with Crippen molar-refractivity contribution in [2.24, 2.45) is 0 Å². The van der Waals surface area contributed by atoms with E-state index in [-0.39, 0.29) is 12.1 Å². The minimum absolute atomic E-state index is 0.000485. The number of fused-ring (bicyclic) bond motifs is 1. The molecule has 1 heterocycles. The van der Waals surface area contributed by atoms with Crippen molar-refractivity contribution in [3.63, 3.8) is 0 Å². The number of carboxylic acids is 1. The first-order valence-corrected chi connectivity index (χ1v) is 7.82. The third kappa shape index (κ3) is 3.68. The van der Waals surface area contributed by atoms with Gasteiger partial charge >= 0.3 is 0 Å². The topological polar surface area (TPSA) is 154 Å². The summed E-state index contributed by atoms with van der Waals surface area (Å²) in [5.41, 5.74) is 0.325. The zero-order valence-corrected chi connectivity index (χ0v) is 13.7. The highest BCUT2D eigenvalue weighted by Gasteiger charge is 2.22. The highest BCUT2D eigenvalue weighted by atomic mass is 16.6. The highest BCUT2D eigenvalue weighted by molar-refractivity contribution is 5.85. The molecule has 3 aromatic rings. The Morgan fingerprint density at radius 1 is 1.11 bits per heavy atom. The second kappa shape index (κ2) is 7.12. The number of aromatic nitrogens is 1. The van der Waals surface area contributed by atoms with Gasteiger partial charge in [0.15, 0.2) is 0 Å². The molecule has 0 fully saturated rings. The summed E-state index contributed by atoms with van der Waals surface area (Å²) >= 11 is 0. The van der Waals surface area contributed by atoms with Crippen LogP contribution in [0.25, 0.3) is 10.9 Å². The number of nitro benzene ring substituents is 2. The summed E-state index contributed by atoms with van der Waals surface area (Å²) < 4.78 is 0. The summed E-state index contributed by atoms with van der Waals surface area (Å²) in [5, 5.41) is 37.0. The maximum Gasteiger partial charge on any atom is 0.299 e. The van der Waals surface area contributed by atoms with Crippen molar-refractivity contribution in [3.05, 3.63) is 74.5 Å². The van der Waals surface area contributed by atoms with Gasteiger partial charge < -0.3 is 20.2 Å². The van der Waals surface area contributed by atoms with Gasteiger partial charge in [-0.3, -0.25) is 20.2 Å². The first kappa shape index (κ1) is 17.9. The summed E-state index contributed by atoms with van der Waals surface area (Å²) in [5.74, 6) is -1.45. The molecule has 1 atom stereocenters. The van der Waals surface area contributed by atoms with Crippen LogP contribution < -0.4 is 10.4 Å². The summed E-state index contributed by atoms with van der Waals surface area (Å²) in [6.07, 6.45) is 1.66. The number of carboxylic acid groups (broad SMARTS) is 1. The standard InChI is InChI=1S/C17H14N4O6/c22-17(23)15(7-10-9-18-13-4-2-1-3-12(10)13)19-14-6-5-11(20(24)25)8-16(14)21(26)27/h1-6,8-9,15,18-19H,7H2,(H,22,23)/p-1. The minimum Gasteiger partial charge on any atom is -0.548 e. The third-order valence-electron chi connectivity index (χ3n) is 4.10. The molecular formula is C17H13N4O6-. The van der Waals surface area contributed by atoms with Gasteiger partial charge in [0.2, 0.25) is 0 Å². The number of benzene rings is 2. The number of rotatable bonds is 7. The third-order valence-corrected chi connectivity index (χ3v) is 4.10. The van der Waals surface area contributed by atoms with E-state index >= 15 is 0 Å². The summed E-state index contributed by atoms with van der Waals surface area (Å²) in [6, 6.07) is 8.97. The van der Waals surface area contributed by atoms with Gasteiger partial charge in [0.05, 0.1) is 27.9 Å². The molecule has 0 saturated heterocycles. The zero-order valence-electron chi connectivity index (χ0n) is 13.7. The molecule has 0 aliphatic carbocycles. The van der Waals surface area contributed by atoms with E-state index in [2.05, 4.69) is 10.3 Å². The smallest absolute Gasteiger partial charge is 0.299 e. The number of nitrogens with one attached hydrogen (secondary N) is 2. The van der Waals surface area contributed by atoms with Crippen molar-refractivity contribution in [2.45, 2.75) is 12.5 Å². The molecule has 0 bridgehead atoms. The van der Waals surface area contributed by atoms with Gasteiger partial charge in [0.25, 0.3) is 11.4 Å². The molecule has 0 aliphatic rings. The Morgan fingerprint density at radius 3 is 2.52 bits per heavy atom. The number of aliphatic carboxylic acids is 1. The van der Waals surface area contributed by atoms with Crippen LogP contribution in [0.1, 0.15) is 5.56 Å². The van der Waals surface area contributed by atoms with Gasteiger partial charge in [-0.15, -0.1) is 0 Å². The maximum atomic E-state index is 11.6. The molecule has 1 aromatic heterocycles. The van der Waals surface area contributed by atoms with Crippen LogP contribution >= 0.6 is 0 Å². The Morgan fingerprint density at radius 2 is 1.85 bits per heavy atom. The van der Waals surface area contributed by atoms with E-state index in [9.17, 15) is 30.1 Å². The van der Waals surface area contributed by atoms with Crippen molar-refractivity contribution < 1.29 is 19.7 Å². The van der Waals surface area contributed by atoms with Crippen molar-refractivity contribution >= 4 is 33.9 Å². The van der Waals surface area contributed by atoms with E-state index in [0.717, 1.165) is 29.1 Å². The summed E-state index contributed by atoms with van der Waals surface area (Å²) in [6.45, 7) is 0. The second-order valence-corrected chi connectivity index (χ2v) is 5.80. The zero-order chi connectivity index (χ0) is 19.6. The normalized spacial score (nSPS) is 11.9. The lowest BCUT2D eigenvalue weighted by atomic mass is 10.0. The number of anilines is 1. The van der Waals surface area contributed by atoms with Gasteiger partial charge in [-0.2, -0.15) is 0 Å². The van der Waals surface area contributed by atoms with Gasteiger partial charge in [0, 0.05) is 29.6 Å². The van der Waals surface area contributed by atoms with Crippen LogP contribution in [0.5, 0.6) is 0 Å². The Balaban J connectivity index is 1.92. The van der Waals surface area contributed by atoms with Gasteiger partial charge in [-0.05, 0) is 17.7 Å². The van der Waals surface area contributed by atoms with Crippen LogP contribution in [-0.4, -0.2) is 26.8 Å². The predicted octanol–water partition coefficient (Wildman–Crippen LogP) is 1.76. The quantitative estimate of drug-likeness (QED) is 0.475. The molecule has 0 radical (unpaired) electrons. The van der Waals surface area contributed by atoms with E-state index < -0.39 is 33.2 Å². The lowest BCUT2D eigenvalue weighted by Crippen LogP contribution is -2.42. The van der Waals surface area contributed by atoms with Crippen LogP contribution in [0.3, 0.4) is 0 Å². The molecule has 0 aliphatic heterocycles. The molecule has 0 saturated carbocycles. The highest BCUT2D eigenvalue weighted by Crippen LogP contribution is 2.30. The SMILES string of the molecule is O=C([O-])C(Cc1c[nH]c2ccccc12)Nc1ccc([N+](=O)[O-])cc1[N+](=O)[O-]. The molecule has 0 amide bonds. The Hall–Kier alpha value is -3.95. The first-order valence-electron chi connectivity index (χ1n) is 7.82. The molecular weight excluding hydrogens is 356 g/mol. The Kier molecular flexibility index (Phi) is 4.71. The van der Waals surface area contributed by atoms with E-state index in [4.69, 9.17) is 0 Å². The minimum atomic E-state index is -1.45. The van der Waals surface area contributed by atoms with Crippen LogP contribution in [0.2, 0.25) is 0 Å². The molecule has 2 aromatic carbocycles. The van der Waals surface area contributed by atoms with Gasteiger partial charge in [0.1, 0.15) is 5.69 Å². The number of carbonyl (C=O) groups is 1. The molecule has 10 heteroatoms. The molecule has 2 N–H and O–H groups in total. The largest absolute Gasteiger partial charge is 0.548 e. The predicted molar refractivity (Wildman–Crippen MR) is 94.2 cm³/mol. The van der Waals surface area contributed by atoms with E-state index in [0.29, 0.717) is 5.56 Å². The van der Waals surface area contributed by atoms with Crippen LogP contribution in [0, 0.1) is 20.2 Å². The Bertz CT molecular complexity index is 1040. The first-order chi connectivity index (χ1) is 12.9. The monoisotopic (exact) mass is 369 g/mol. The number of hydrogen-bond acceptors (Lipinski definition) is 7. The summed E-state index contributed by atoms with van der Waals surface area (Å²) in [4.78, 5) is 35.0. The average molecular weight is 369 g/mol. The number of H-pyrrole nitrogens is 1. The van der Waals surface area contributed by atoms with Crippen molar-refractivity contribution in [2.75, 3.05) is 5.32 Å². The van der Waals surface area contributed by atoms with Gasteiger partial charge in [-0.1, -0.05) is 18.2 Å². The van der Waals surface area contributed by atoms with Crippen molar-refractivity contribution in [3.8, 4) is 0 Å². The van der Waals surface area contributed by atoms with Crippen molar-refractivity contribution in [1.29, 1.82) is 0 Å². The second-order valence-electron chi connectivity index (χ2n) is 5.80. The molecule has 138 valence electrons. The van der Waals surface area contributed by atoms with E-state index in [1.54, 1.807) is 6.20 Å². The lowest BCUT2D eigenvalue weighted by molar-refractivity contribution is -0.393. The molecule has 0 spiro atoms. The van der Waals surface area contributed by atoms with E-state index in [1.165, 1.54) is 0 Å². The molecule has 27 heavy (non-hydrogen) atoms. The van der Waals surface area contributed by atoms with Gasteiger partial charge in [-0.25, -0.2) is 0 Å².